The summed E-state index contributed by atoms with van der Waals surface area (Å²) in [6.45, 7) is 6.49. The number of esters is 2. The molecule has 0 aromatic heterocycles. The first-order valence-corrected chi connectivity index (χ1v) is 12.1. The van der Waals surface area contributed by atoms with Crippen molar-refractivity contribution in [3.8, 4) is 0 Å². The van der Waals surface area contributed by atoms with Crippen LogP contribution in [0.15, 0.2) is 29.3 Å². The largest absolute Gasteiger partial charge is 0.428 e. The predicted octanol–water partition coefficient (Wildman–Crippen LogP) is 1.85. The number of aliphatic imine (C=N–C) groups is 1. The molecular formula is C23H30N4O6S2. The molecule has 0 saturated carbocycles. The Morgan fingerprint density at radius 1 is 1.14 bits per heavy atom. The maximum Gasteiger partial charge on any atom is 0.314 e. The monoisotopic (exact) mass is 522 g/mol. The lowest BCUT2D eigenvalue weighted by Crippen LogP contribution is -2.41. The SMILES string of the molecule is CC1C(C(=O)NCCC(=O)OCOC(=O)C(C)(C)C)SC(=NC(=O)c2ccc(C(N)=S)cc2)N1C. The summed E-state index contributed by atoms with van der Waals surface area (Å²) in [5, 5.41) is 2.59. The number of nitrogens with zero attached hydrogens (tertiary/aromatic N) is 2. The van der Waals surface area contributed by atoms with Gasteiger partial charge in [-0.2, -0.15) is 4.99 Å². The van der Waals surface area contributed by atoms with E-state index in [9.17, 15) is 19.2 Å². The van der Waals surface area contributed by atoms with Crippen LogP contribution in [0.25, 0.3) is 0 Å². The van der Waals surface area contributed by atoms with Crippen LogP contribution in [0.5, 0.6) is 0 Å². The van der Waals surface area contributed by atoms with Crippen LogP contribution in [0.3, 0.4) is 0 Å². The summed E-state index contributed by atoms with van der Waals surface area (Å²) in [5.74, 6) is -1.83. The number of thiocarbonyl (C=S) groups is 1. The van der Waals surface area contributed by atoms with Crippen molar-refractivity contribution in [3.05, 3.63) is 35.4 Å². The fraction of sp³-hybridized carbons (Fsp3) is 0.478. The highest BCUT2D eigenvalue weighted by molar-refractivity contribution is 8.15. The second-order valence-electron chi connectivity index (χ2n) is 8.89. The van der Waals surface area contributed by atoms with Crippen molar-refractivity contribution >= 4 is 57.9 Å². The van der Waals surface area contributed by atoms with E-state index < -0.39 is 35.3 Å². The molecule has 10 nitrogen and oxygen atoms in total. The van der Waals surface area contributed by atoms with Crippen LogP contribution in [0.1, 0.15) is 50.0 Å². The van der Waals surface area contributed by atoms with Gasteiger partial charge in [0.1, 0.15) is 10.2 Å². The Hall–Kier alpha value is -2.99. The third-order valence-corrected chi connectivity index (χ3v) is 6.79. The van der Waals surface area contributed by atoms with Gasteiger partial charge in [-0.05, 0) is 39.8 Å². The number of ether oxygens (including phenoxy) is 2. The average Bonchev–Trinajstić information content (AvgIpc) is 3.06. The quantitative estimate of drug-likeness (QED) is 0.295. The molecule has 1 aromatic rings. The van der Waals surface area contributed by atoms with Crippen LogP contribution < -0.4 is 11.1 Å². The number of amidine groups is 1. The number of hydrogen-bond acceptors (Lipinski definition) is 8. The van der Waals surface area contributed by atoms with Crippen LogP contribution in [0.4, 0.5) is 0 Å². The van der Waals surface area contributed by atoms with Gasteiger partial charge in [0.15, 0.2) is 5.17 Å². The summed E-state index contributed by atoms with van der Waals surface area (Å²) in [4.78, 5) is 54.8. The van der Waals surface area contributed by atoms with Crippen molar-refractivity contribution in [2.24, 2.45) is 16.1 Å². The first kappa shape index (κ1) is 28.2. The predicted molar refractivity (Wildman–Crippen MR) is 137 cm³/mol. The van der Waals surface area contributed by atoms with Gasteiger partial charge in [0.25, 0.3) is 5.91 Å². The zero-order chi connectivity index (χ0) is 26.3. The van der Waals surface area contributed by atoms with Crippen LogP contribution in [-0.4, -0.2) is 70.5 Å². The molecule has 1 aliphatic rings. The Labute approximate surface area is 214 Å². The van der Waals surface area contributed by atoms with Crippen LogP contribution in [-0.2, 0) is 23.9 Å². The smallest absolute Gasteiger partial charge is 0.314 e. The van der Waals surface area contributed by atoms with Crippen LogP contribution in [0, 0.1) is 5.41 Å². The van der Waals surface area contributed by atoms with Crippen LogP contribution >= 0.6 is 24.0 Å². The van der Waals surface area contributed by atoms with Crippen molar-refractivity contribution in [1.82, 2.24) is 10.2 Å². The molecular weight excluding hydrogens is 492 g/mol. The van der Waals surface area contributed by atoms with E-state index in [-0.39, 0.29) is 29.9 Å². The Morgan fingerprint density at radius 3 is 2.31 bits per heavy atom. The van der Waals surface area contributed by atoms with E-state index in [1.165, 1.54) is 11.8 Å². The van der Waals surface area contributed by atoms with E-state index in [4.69, 9.17) is 27.4 Å². The van der Waals surface area contributed by atoms with Gasteiger partial charge in [-0.25, -0.2) is 0 Å². The molecule has 12 heteroatoms. The lowest BCUT2D eigenvalue weighted by Gasteiger charge is -2.19. The number of benzene rings is 1. The van der Waals surface area contributed by atoms with Crippen LogP contribution in [0.2, 0.25) is 0 Å². The molecule has 2 atom stereocenters. The van der Waals surface area contributed by atoms with E-state index in [1.807, 2.05) is 6.92 Å². The zero-order valence-corrected chi connectivity index (χ0v) is 22.0. The summed E-state index contributed by atoms with van der Waals surface area (Å²) < 4.78 is 9.73. The van der Waals surface area contributed by atoms with Gasteiger partial charge in [0, 0.05) is 30.8 Å². The minimum Gasteiger partial charge on any atom is -0.428 e. The highest BCUT2D eigenvalue weighted by Crippen LogP contribution is 2.31. The van der Waals surface area contributed by atoms with E-state index in [1.54, 1.807) is 57.0 Å². The highest BCUT2D eigenvalue weighted by atomic mass is 32.2. The second-order valence-corrected chi connectivity index (χ2v) is 10.4. The van der Waals surface area contributed by atoms with Crippen molar-refractivity contribution in [2.75, 3.05) is 20.4 Å². The third-order valence-electron chi connectivity index (χ3n) is 5.11. The van der Waals surface area contributed by atoms with Gasteiger partial charge in [-0.15, -0.1) is 0 Å². The number of carbonyl (C=O) groups is 4. The molecule has 0 radical (unpaired) electrons. The molecule has 1 fully saturated rings. The van der Waals surface area contributed by atoms with Gasteiger partial charge >= 0.3 is 11.9 Å². The Morgan fingerprint density at radius 2 is 1.74 bits per heavy atom. The summed E-state index contributed by atoms with van der Waals surface area (Å²) in [6, 6.07) is 6.26. The molecule has 1 saturated heterocycles. The number of nitrogens with two attached hydrogens (primary N) is 1. The molecule has 0 bridgehead atoms. The Balaban J connectivity index is 1.85. The summed E-state index contributed by atoms with van der Waals surface area (Å²) in [6.07, 6.45) is -0.0813. The average molecular weight is 523 g/mol. The fourth-order valence-electron chi connectivity index (χ4n) is 2.80. The Kier molecular flexibility index (Phi) is 9.78. The van der Waals surface area contributed by atoms with Crippen molar-refractivity contribution in [1.29, 1.82) is 0 Å². The van der Waals surface area contributed by atoms with E-state index >= 15 is 0 Å². The lowest BCUT2D eigenvalue weighted by molar-refractivity contribution is -0.173. The number of nitrogens with one attached hydrogen (secondary N) is 1. The van der Waals surface area contributed by atoms with Crippen molar-refractivity contribution in [3.63, 3.8) is 0 Å². The number of rotatable bonds is 8. The molecule has 1 aromatic carbocycles. The standard InChI is InChI=1S/C23H30N4O6S2/c1-13-17(20(30)25-11-10-16(28)32-12-33-21(31)23(2,3)4)35-22(27(13)5)26-19(29)15-8-6-14(7-9-15)18(24)34/h6-9,13,17H,10-12H2,1-5H3,(H2,24,34)(H,25,30). The van der Waals surface area contributed by atoms with Gasteiger partial charge in [0.05, 0.1) is 11.8 Å². The molecule has 2 unspecified atom stereocenters. The molecule has 190 valence electrons. The summed E-state index contributed by atoms with van der Waals surface area (Å²) >= 11 is 6.08. The normalized spacial score (nSPS) is 18.8. The van der Waals surface area contributed by atoms with Gasteiger partial charge < -0.3 is 25.4 Å². The molecule has 1 aliphatic heterocycles. The molecule has 2 amide bonds. The number of thioether (sulfide) groups is 1. The molecule has 1 heterocycles. The Bertz CT molecular complexity index is 1020. The molecule has 3 N–H and O–H groups in total. The van der Waals surface area contributed by atoms with E-state index in [0.29, 0.717) is 16.3 Å². The maximum atomic E-state index is 12.7. The van der Waals surface area contributed by atoms with E-state index in [2.05, 4.69) is 10.3 Å². The van der Waals surface area contributed by atoms with Crippen molar-refractivity contribution in [2.45, 2.75) is 45.4 Å². The lowest BCUT2D eigenvalue weighted by atomic mass is 9.98. The minimum atomic E-state index is -0.695. The zero-order valence-electron chi connectivity index (χ0n) is 20.3. The highest BCUT2D eigenvalue weighted by Gasteiger charge is 2.39. The van der Waals surface area contributed by atoms with Gasteiger partial charge in [-0.3, -0.25) is 19.2 Å². The summed E-state index contributed by atoms with van der Waals surface area (Å²) in [5.41, 5.74) is 5.90. The molecule has 0 spiro atoms. The maximum absolute atomic E-state index is 12.7. The second kappa shape index (κ2) is 12.1. The van der Waals surface area contributed by atoms with Gasteiger partial charge in [0.2, 0.25) is 12.7 Å². The summed E-state index contributed by atoms with van der Waals surface area (Å²) in [7, 11) is 1.75. The van der Waals surface area contributed by atoms with Gasteiger partial charge in [-0.1, -0.05) is 36.1 Å². The minimum absolute atomic E-state index is 0.0547. The number of amides is 2. The first-order valence-electron chi connectivity index (χ1n) is 10.8. The topological polar surface area (TPSA) is 140 Å². The number of hydrogen-bond donors (Lipinski definition) is 2. The first-order chi connectivity index (χ1) is 16.3. The third kappa shape index (κ3) is 8.03. The fourth-order valence-corrected chi connectivity index (χ4v) is 4.21. The van der Waals surface area contributed by atoms with Crippen molar-refractivity contribution < 1.29 is 28.7 Å². The number of carbonyl (C=O) groups excluding carboxylic acids is 4. The molecule has 2 rings (SSSR count). The molecule has 0 aliphatic carbocycles. The molecule has 35 heavy (non-hydrogen) atoms. The van der Waals surface area contributed by atoms with E-state index in [0.717, 1.165) is 0 Å².